The summed E-state index contributed by atoms with van der Waals surface area (Å²) in [6, 6.07) is 10.4. The smallest absolute Gasteiger partial charge is 0.308 e. The number of ether oxygens (including phenoxy) is 3. The van der Waals surface area contributed by atoms with Crippen molar-refractivity contribution in [2.45, 2.75) is 63.3 Å². The second-order valence-corrected chi connectivity index (χ2v) is 10.2. The molecule has 6 rings (SSSR count). The van der Waals surface area contributed by atoms with Crippen molar-refractivity contribution in [3.63, 3.8) is 0 Å². The van der Waals surface area contributed by atoms with Crippen LogP contribution in [0.25, 0.3) is 0 Å². The number of rotatable bonds is 1. The highest BCUT2D eigenvalue weighted by Crippen LogP contribution is 2.52. The third-order valence-electron chi connectivity index (χ3n) is 7.42. The number of amides is 1. The molecule has 1 aromatic carbocycles. The molecule has 4 heterocycles. The zero-order valence-electron chi connectivity index (χ0n) is 19.6. The quantitative estimate of drug-likeness (QED) is 0.603. The van der Waals surface area contributed by atoms with Crippen molar-refractivity contribution in [3.8, 4) is 5.75 Å². The van der Waals surface area contributed by atoms with Gasteiger partial charge < -0.3 is 19.1 Å². The Hall–Kier alpha value is -3.26. The van der Waals surface area contributed by atoms with Crippen molar-refractivity contribution < 1.29 is 23.8 Å². The van der Waals surface area contributed by atoms with E-state index >= 15 is 0 Å². The van der Waals surface area contributed by atoms with Crippen molar-refractivity contribution >= 4 is 17.9 Å². The molecule has 3 aliphatic heterocycles. The monoisotopic (exact) mass is 461 g/mol. The van der Waals surface area contributed by atoms with E-state index in [9.17, 15) is 9.59 Å². The summed E-state index contributed by atoms with van der Waals surface area (Å²) in [6.07, 6.45) is 4.05. The van der Waals surface area contributed by atoms with E-state index in [0.717, 1.165) is 22.4 Å². The van der Waals surface area contributed by atoms with E-state index in [2.05, 4.69) is 22.1 Å². The Morgan fingerprint density at radius 1 is 1.09 bits per heavy atom. The molecule has 0 N–H and O–H groups in total. The molecule has 0 saturated carbocycles. The molecule has 0 bridgehead atoms. The summed E-state index contributed by atoms with van der Waals surface area (Å²) in [7, 11) is 0. The summed E-state index contributed by atoms with van der Waals surface area (Å²) >= 11 is 0. The van der Waals surface area contributed by atoms with Gasteiger partial charge in [-0.3, -0.25) is 14.6 Å². The Morgan fingerprint density at radius 3 is 2.41 bits per heavy atom. The number of carbonyl (C=O) groups is 2. The van der Waals surface area contributed by atoms with E-state index in [1.165, 1.54) is 6.92 Å². The molecule has 1 saturated heterocycles. The summed E-state index contributed by atoms with van der Waals surface area (Å²) in [5.74, 6) is -0.156. The zero-order valence-corrected chi connectivity index (χ0v) is 19.6. The molecule has 0 unspecified atom stereocenters. The summed E-state index contributed by atoms with van der Waals surface area (Å²) in [5.41, 5.74) is 2.13. The molecule has 1 aliphatic carbocycles. The van der Waals surface area contributed by atoms with E-state index in [0.29, 0.717) is 50.5 Å². The Morgan fingerprint density at radius 2 is 1.76 bits per heavy atom. The van der Waals surface area contributed by atoms with Gasteiger partial charge in [0.1, 0.15) is 11.4 Å². The second-order valence-electron chi connectivity index (χ2n) is 10.2. The SMILES string of the molecule is CC(=O)Oc1cnc2c(c1)C1(CCN(C3=NC(=O)C4(Cc5ccccc5C4)O3)CC1)OC2(C)C. The van der Waals surface area contributed by atoms with Crippen molar-refractivity contribution in [1.82, 2.24) is 9.88 Å². The Labute approximate surface area is 197 Å². The van der Waals surface area contributed by atoms with Crippen LogP contribution in [0, 0.1) is 0 Å². The van der Waals surface area contributed by atoms with E-state index in [1.807, 2.05) is 36.9 Å². The van der Waals surface area contributed by atoms with Crippen LogP contribution < -0.4 is 4.74 Å². The van der Waals surface area contributed by atoms with Crippen molar-refractivity contribution in [3.05, 3.63) is 58.9 Å². The maximum absolute atomic E-state index is 12.9. The van der Waals surface area contributed by atoms with Crippen molar-refractivity contribution in [2.75, 3.05) is 13.1 Å². The van der Waals surface area contributed by atoms with Crippen LogP contribution >= 0.6 is 0 Å². The van der Waals surface area contributed by atoms with Gasteiger partial charge in [0.25, 0.3) is 11.9 Å². The maximum Gasteiger partial charge on any atom is 0.308 e. The number of hydrogen-bond donors (Lipinski definition) is 0. The molecule has 4 aliphatic rings. The number of nitrogens with zero attached hydrogens (tertiary/aromatic N) is 3. The van der Waals surface area contributed by atoms with Gasteiger partial charge in [0.2, 0.25) is 5.60 Å². The number of amidine groups is 1. The average molecular weight is 462 g/mol. The molecule has 0 atom stereocenters. The van der Waals surface area contributed by atoms with Gasteiger partial charge in [-0.1, -0.05) is 24.3 Å². The molecule has 1 fully saturated rings. The molecule has 2 spiro atoms. The minimum Gasteiger partial charge on any atom is -0.447 e. The molecule has 8 heteroatoms. The fraction of sp³-hybridized carbons (Fsp3) is 0.462. The van der Waals surface area contributed by atoms with E-state index < -0.39 is 16.8 Å². The van der Waals surface area contributed by atoms with Gasteiger partial charge in [-0.15, -0.1) is 0 Å². The summed E-state index contributed by atoms with van der Waals surface area (Å²) in [5, 5.41) is 0. The van der Waals surface area contributed by atoms with Gasteiger partial charge in [-0.2, -0.15) is 4.99 Å². The zero-order chi connectivity index (χ0) is 23.7. The van der Waals surface area contributed by atoms with Crippen LogP contribution in [-0.4, -0.2) is 46.5 Å². The lowest BCUT2D eigenvalue weighted by Crippen LogP contribution is -2.47. The highest BCUT2D eigenvalue weighted by atomic mass is 16.5. The van der Waals surface area contributed by atoms with Crippen molar-refractivity contribution in [1.29, 1.82) is 0 Å². The fourth-order valence-electron chi connectivity index (χ4n) is 5.89. The lowest BCUT2D eigenvalue weighted by atomic mass is 9.84. The largest absolute Gasteiger partial charge is 0.447 e. The highest BCUT2D eigenvalue weighted by Gasteiger charge is 2.55. The van der Waals surface area contributed by atoms with Crippen molar-refractivity contribution in [2.24, 2.45) is 4.99 Å². The molecule has 176 valence electrons. The Balaban J connectivity index is 1.21. The molecule has 0 radical (unpaired) electrons. The number of likely N-dealkylation sites (tertiary alicyclic amines) is 1. The molecule has 1 aromatic heterocycles. The van der Waals surface area contributed by atoms with Crippen LogP contribution in [0.2, 0.25) is 0 Å². The second kappa shape index (κ2) is 7.12. The molecular formula is C26H27N3O5. The number of aliphatic imine (C=N–C) groups is 1. The lowest BCUT2D eigenvalue weighted by molar-refractivity contribution is -0.148. The number of esters is 1. The Kier molecular flexibility index (Phi) is 4.46. The Bertz CT molecular complexity index is 1220. The number of fused-ring (bicyclic) bond motifs is 3. The minimum absolute atomic E-state index is 0.196. The topological polar surface area (TPSA) is 90.3 Å². The highest BCUT2D eigenvalue weighted by molar-refractivity contribution is 6.02. The number of aromatic nitrogens is 1. The predicted octanol–water partition coefficient (Wildman–Crippen LogP) is 3.01. The number of benzene rings is 1. The summed E-state index contributed by atoms with van der Waals surface area (Å²) in [6.45, 7) is 6.65. The van der Waals surface area contributed by atoms with Crippen LogP contribution in [-0.2, 0) is 43.1 Å². The first-order chi connectivity index (χ1) is 16.2. The third kappa shape index (κ3) is 3.15. The van der Waals surface area contributed by atoms with Gasteiger partial charge in [0.15, 0.2) is 0 Å². The number of piperidine rings is 1. The van der Waals surface area contributed by atoms with Crippen LogP contribution in [0.15, 0.2) is 41.5 Å². The first-order valence-corrected chi connectivity index (χ1v) is 11.7. The molecule has 1 amide bonds. The molecule has 8 nitrogen and oxygen atoms in total. The summed E-state index contributed by atoms with van der Waals surface area (Å²) < 4.78 is 18.2. The third-order valence-corrected chi connectivity index (χ3v) is 7.42. The van der Waals surface area contributed by atoms with E-state index in [-0.39, 0.29) is 11.9 Å². The van der Waals surface area contributed by atoms with Gasteiger partial charge >= 0.3 is 5.97 Å². The van der Waals surface area contributed by atoms with Gasteiger partial charge in [0, 0.05) is 38.4 Å². The fourth-order valence-corrected chi connectivity index (χ4v) is 5.89. The van der Waals surface area contributed by atoms with E-state index in [4.69, 9.17) is 14.2 Å². The molecule has 34 heavy (non-hydrogen) atoms. The summed E-state index contributed by atoms with van der Waals surface area (Å²) in [4.78, 5) is 35.3. The average Bonchev–Trinajstić information content (AvgIpc) is 3.38. The van der Waals surface area contributed by atoms with Crippen LogP contribution in [0.5, 0.6) is 5.75 Å². The van der Waals surface area contributed by atoms with Gasteiger partial charge in [-0.05, 0) is 43.9 Å². The standard InChI is InChI=1S/C26H27N3O5/c1-16(30)32-19-12-20-21(27-15-19)24(2,3)34-25(20)8-10-29(11-9-25)23-28-22(31)26(33-23)13-17-6-4-5-7-18(17)14-26/h4-7,12,15H,8-11,13-14H2,1-3H3. The number of carbonyl (C=O) groups excluding carboxylic acids is 2. The molecular weight excluding hydrogens is 434 g/mol. The molecule has 2 aromatic rings. The van der Waals surface area contributed by atoms with Gasteiger partial charge in [-0.25, -0.2) is 0 Å². The van der Waals surface area contributed by atoms with Crippen LogP contribution in [0.1, 0.15) is 56.0 Å². The predicted molar refractivity (Wildman–Crippen MR) is 122 cm³/mol. The first kappa shape index (κ1) is 21.3. The van der Waals surface area contributed by atoms with Crippen LogP contribution in [0.3, 0.4) is 0 Å². The normalized spacial score (nSPS) is 23.0. The minimum atomic E-state index is -0.907. The maximum atomic E-state index is 12.9. The van der Waals surface area contributed by atoms with Gasteiger partial charge in [0.05, 0.1) is 17.5 Å². The van der Waals surface area contributed by atoms with Crippen LogP contribution in [0.4, 0.5) is 0 Å². The lowest BCUT2D eigenvalue weighted by Gasteiger charge is -2.41. The number of hydrogen-bond acceptors (Lipinski definition) is 7. The first-order valence-electron chi connectivity index (χ1n) is 11.7. The number of pyridine rings is 1. The van der Waals surface area contributed by atoms with E-state index in [1.54, 1.807) is 6.20 Å².